The lowest BCUT2D eigenvalue weighted by Gasteiger charge is -2.25. The molecule has 0 radical (unpaired) electrons. The van der Waals surface area contributed by atoms with Crippen LogP contribution in [0.2, 0.25) is 0 Å². The number of carbonyl (C=O) groups excluding carboxylic acids is 2. The summed E-state index contributed by atoms with van der Waals surface area (Å²) in [6, 6.07) is 10.9. The first kappa shape index (κ1) is 29.8. The number of nitrogens with two attached hydrogens (primary N) is 1. The van der Waals surface area contributed by atoms with Gasteiger partial charge >= 0.3 is 12.1 Å². The third kappa shape index (κ3) is 7.42. The van der Waals surface area contributed by atoms with Gasteiger partial charge in [0.1, 0.15) is 23.9 Å². The van der Waals surface area contributed by atoms with Crippen molar-refractivity contribution in [3.05, 3.63) is 53.9 Å². The highest BCUT2D eigenvalue weighted by Crippen LogP contribution is 2.35. The third-order valence-corrected chi connectivity index (χ3v) is 5.87. The van der Waals surface area contributed by atoms with Gasteiger partial charge < -0.3 is 30.4 Å². The molecule has 3 aromatic rings. The Bertz CT molecular complexity index is 1390. The largest absolute Gasteiger partial charge is 0.497 e. The molecule has 2 unspecified atom stereocenters. The molecule has 40 heavy (non-hydrogen) atoms. The minimum atomic E-state index is -5.08. The molecule has 2 aromatic carbocycles. The molecular formula is C26H27F3N4O7. The lowest BCUT2D eigenvalue weighted by molar-refractivity contribution is -0.192. The number of carboxylic acid groups (broad SMARTS) is 1. The number of carboxylic acids is 1. The number of ether oxygens (including phenoxy) is 3. The molecule has 1 aromatic heterocycles. The molecule has 214 valence electrons. The molecule has 0 bridgehead atoms. The van der Waals surface area contributed by atoms with Gasteiger partial charge in [-0.1, -0.05) is 6.07 Å². The van der Waals surface area contributed by atoms with Crippen molar-refractivity contribution in [2.45, 2.75) is 32.5 Å². The number of aromatic nitrogens is 2. The normalized spacial score (nSPS) is 14.9. The summed E-state index contributed by atoms with van der Waals surface area (Å²) in [7, 11) is 1.60. The topological polar surface area (TPSA) is 166 Å². The molecule has 0 aliphatic carbocycles. The maximum atomic E-state index is 13.1. The number of carbonyl (C=O) groups is 3. The molecule has 2 heterocycles. The molecule has 1 aliphatic heterocycles. The second-order valence-electron chi connectivity index (χ2n) is 8.76. The Balaban J connectivity index is 0.000000559. The Labute approximate surface area is 226 Å². The highest BCUT2D eigenvalue weighted by Gasteiger charge is 2.38. The number of amides is 2. The van der Waals surface area contributed by atoms with Gasteiger partial charge in [-0.05, 0) is 61.7 Å². The number of fused-ring (bicyclic) bond motifs is 1. The van der Waals surface area contributed by atoms with Crippen molar-refractivity contribution in [1.29, 1.82) is 0 Å². The number of anilines is 1. The van der Waals surface area contributed by atoms with Crippen molar-refractivity contribution in [3.63, 3.8) is 0 Å². The van der Waals surface area contributed by atoms with Crippen LogP contribution in [-0.2, 0) is 20.8 Å². The molecule has 2 amide bonds. The molecule has 5 N–H and O–H groups in total. The fourth-order valence-electron chi connectivity index (χ4n) is 3.68. The van der Waals surface area contributed by atoms with E-state index in [1.807, 2.05) is 31.2 Å². The number of aryl methyl sites for hydroxylation is 1. The van der Waals surface area contributed by atoms with E-state index in [4.69, 9.17) is 29.8 Å². The number of nitrogens with zero attached hydrogens (tertiary/aromatic N) is 1. The molecule has 0 spiro atoms. The van der Waals surface area contributed by atoms with Crippen LogP contribution < -0.4 is 25.3 Å². The van der Waals surface area contributed by atoms with E-state index in [9.17, 15) is 22.8 Å². The molecule has 14 heteroatoms. The van der Waals surface area contributed by atoms with Crippen LogP contribution in [0.1, 0.15) is 18.2 Å². The fraction of sp³-hybridized carbons (Fsp3) is 0.308. The van der Waals surface area contributed by atoms with Gasteiger partial charge in [0.2, 0.25) is 5.91 Å². The van der Waals surface area contributed by atoms with Crippen LogP contribution in [0.4, 0.5) is 18.9 Å². The summed E-state index contributed by atoms with van der Waals surface area (Å²) >= 11 is 0. The summed E-state index contributed by atoms with van der Waals surface area (Å²) in [6.07, 6.45) is -3.74. The predicted octanol–water partition coefficient (Wildman–Crippen LogP) is 3.47. The minimum Gasteiger partial charge on any atom is -0.497 e. The van der Waals surface area contributed by atoms with Crippen LogP contribution in [0.5, 0.6) is 17.2 Å². The first-order valence-corrected chi connectivity index (χ1v) is 11.8. The molecule has 4 rings (SSSR count). The molecule has 11 nitrogen and oxygen atoms in total. The highest BCUT2D eigenvalue weighted by molar-refractivity contribution is 5.95. The quantitative estimate of drug-likeness (QED) is 0.339. The number of hydrogen-bond acceptors (Lipinski definition) is 7. The van der Waals surface area contributed by atoms with Crippen LogP contribution in [0, 0.1) is 12.8 Å². The van der Waals surface area contributed by atoms with Crippen LogP contribution in [0.25, 0.3) is 11.1 Å². The van der Waals surface area contributed by atoms with Crippen molar-refractivity contribution >= 4 is 23.5 Å². The second-order valence-corrected chi connectivity index (χ2v) is 8.76. The molecule has 1 aliphatic rings. The minimum absolute atomic E-state index is 0.215. The standard InChI is InChI=1S/C24H26N4O5.C2HF3O2/c1-13-19(11-26-28-13)15-4-6-20(22(10-15)33-14(2)23(25)29)27-24(30)17-8-16-9-18(31-3)5-7-21(16)32-12-17;3-2(4,5)1(6)7/h4-7,9-11,14,17H,8,12H2,1-3H3,(H2,25,29)(H,26,28)(H,27,30);(H,6,7). The maximum Gasteiger partial charge on any atom is 0.490 e. The Hall–Kier alpha value is -4.75. The third-order valence-electron chi connectivity index (χ3n) is 5.87. The first-order chi connectivity index (χ1) is 18.8. The van der Waals surface area contributed by atoms with Crippen LogP contribution in [0.15, 0.2) is 42.6 Å². The highest BCUT2D eigenvalue weighted by atomic mass is 19.4. The van der Waals surface area contributed by atoms with E-state index in [1.165, 1.54) is 0 Å². The van der Waals surface area contributed by atoms with E-state index >= 15 is 0 Å². The van der Waals surface area contributed by atoms with Crippen molar-refractivity contribution in [3.8, 4) is 28.4 Å². The van der Waals surface area contributed by atoms with Crippen LogP contribution in [-0.4, -0.2) is 59.1 Å². The van der Waals surface area contributed by atoms with Crippen molar-refractivity contribution in [2.75, 3.05) is 19.0 Å². The number of primary amides is 1. The summed E-state index contributed by atoms with van der Waals surface area (Å²) in [6.45, 7) is 3.72. The number of aliphatic carboxylic acids is 1. The second kappa shape index (κ2) is 12.4. The lowest BCUT2D eigenvalue weighted by Crippen LogP contribution is -2.33. The molecule has 0 saturated heterocycles. The number of hydrogen-bond donors (Lipinski definition) is 4. The van der Waals surface area contributed by atoms with Crippen molar-refractivity contribution in [2.24, 2.45) is 11.7 Å². The average molecular weight is 565 g/mol. The number of aromatic amines is 1. The number of rotatable bonds is 7. The zero-order chi connectivity index (χ0) is 29.6. The number of H-pyrrole nitrogens is 1. The number of nitrogens with one attached hydrogen (secondary N) is 2. The molecule has 0 saturated carbocycles. The Kier molecular flexibility index (Phi) is 9.24. The number of alkyl halides is 3. The fourth-order valence-corrected chi connectivity index (χ4v) is 3.68. The summed E-state index contributed by atoms with van der Waals surface area (Å²) in [5.41, 5.74) is 9.33. The average Bonchev–Trinajstić information content (AvgIpc) is 3.34. The van der Waals surface area contributed by atoms with Gasteiger partial charge in [-0.15, -0.1) is 0 Å². The Morgan fingerprint density at radius 1 is 1.23 bits per heavy atom. The van der Waals surface area contributed by atoms with E-state index in [2.05, 4.69) is 15.5 Å². The van der Waals surface area contributed by atoms with E-state index in [-0.39, 0.29) is 12.5 Å². The predicted molar refractivity (Wildman–Crippen MR) is 136 cm³/mol. The molecule has 0 fully saturated rings. The molecule has 2 atom stereocenters. The lowest BCUT2D eigenvalue weighted by atomic mass is 9.95. The van der Waals surface area contributed by atoms with Crippen molar-refractivity contribution < 1.29 is 46.9 Å². The number of benzene rings is 2. The van der Waals surface area contributed by atoms with E-state index in [0.29, 0.717) is 23.6 Å². The van der Waals surface area contributed by atoms with Gasteiger partial charge in [-0.25, -0.2) is 4.79 Å². The van der Waals surface area contributed by atoms with Gasteiger partial charge in [-0.3, -0.25) is 14.7 Å². The van der Waals surface area contributed by atoms with Crippen LogP contribution >= 0.6 is 0 Å². The SMILES string of the molecule is COc1ccc2c(c1)CC(C(=O)Nc1ccc(-c3cn[nH]c3C)cc1OC(C)C(N)=O)CO2.O=C(O)C(F)(F)F. The van der Waals surface area contributed by atoms with Gasteiger partial charge in [0, 0.05) is 11.3 Å². The summed E-state index contributed by atoms with van der Waals surface area (Å²) in [5.74, 6) is -2.18. The monoisotopic (exact) mass is 564 g/mol. The zero-order valence-corrected chi connectivity index (χ0v) is 21.7. The summed E-state index contributed by atoms with van der Waals surface area (Å²) in [4.78, 5) is 33.6. The molecular weight excluding hydrogens is 537 g/mol. The van der Waals surface area contributed by atoms with E-state index < -0.39 is 30.1 Å². The number of methoxy groups -OCH3 is 1. The van der Waals surface area contributed by atoms with Crippen molar-refractivity contribution in [1.82, 2.24) is 10.2 Å². The number of halogens is 3. The Morgan fingerprint density at radius 2 is 1.93 bits per heavy atom. The summed E-state index contributed by atoms with van der Waals surface area (Å²) < 4.78 is 48.6. The van der Waals surface area contributed by atoms with Gasteiger partial charge in [0.05, 0.1) is 24.9 Å². The summed E-state index contributed by atoms with van der Waals surface area (Å²) in [5, 5.41) is 17.0. The van der Waals surface area contributed by atoms with Gasteiger partial charge in [-0.2, -0.15) is 18.3 Å². The van der Waals surface area contributed by atoms with E-state index in [1.54, 1.807) is 32.4 Å². The van der Waals surface area contributed by atoms with Crippen LogP contribution in [0.3, 0.4) is 0 Å². The van der Waals surface area contributed by atoms with E-state index in [0.717, 1.165) is 28.1 Å². The Morgan fingerprint density at radius 3 is 2.50 bits per heavy atom. The smallest absolute Gasteiger partial charge is 0.490 e. The zero-order valence-electron chi connectivity index (χ0n) is 21.7. The maximum absolute atomic E-state index is 13.1. The van der Waals surface area contributed by atoms with Gasteiger partial charge in [0.25, 0.3) is 5.91 Å². The van der Waals surface area contributed by atoms with Gasteiger partial charge in [0.15, 0.2) is 6.10 Å². The first-order valence-electron chi connectivity index (χ1n) is 11.8.